The Kier molecular flexibility index (Phi) is 10.5. The van der Waals surface area contributed by atoms with Crippen LogP contribution >= 0.6 is 11.6 Å². The third-order valence-corrected chi connectivity index (χ3v) is 9.31. The molecule has 242 valence electrons. The van der Waals surface area contributed by atoms with E-state index in [-0.39, 0.29) is 48.0 Å². The number of nitrogens with zero attached hydrogens (tertiary/aromatic N) is 3. The molecule has 0 bridgehead atoms. The SMILES string of the molecule is C/C(=C\c1ccc2c(c1)N(S(=O)(=O)c1cccc(C(F)(F)F)c1)CCN2CCN(C)CC(=O)OC(C)C)c1c(F)cccc1Cl. The first kappa shape index (κ1) is 34.3. The Bertz CT molecular complexity index is 1680. The van der Waals surface area contributed by atoms with Gasteiger partial charge >= 0.3 is 12.1 Å². The van der Waals surface area contributed by atoms with Gasteiger partial charge in [-0.3, -0.25) is 14.0 Å². The predicted molar refractivity (Wildman–Crippen MR) is 168 cm³/mol. The van der Waals surface area contributed by atoms with Gasteiger partial charge in [0.25, 0.3) is 10.0 Å². The molecule has 0 amide bonds. The molecule has 45 heavy (non-hydrogen) atoms. The summed E-state index contributed by atoms with van der Waals surface area (Å²) in [6.07, 6.45) is -3.31. The molecule has 4 rings (SSSR count). The van der Waals surface area contributed by atoms with E-state index in [0.29, 0.717) is 36.0 Å². The Hall–Kier alpha value is -3.61. The topological polar surface area (TPSA) is 70.2 Å². The Morgan fingerprint density at radius 3 is 2.44 bits per heavy atom. The van der Waals surface area contributed by atoms with Gasteiger partial charge in [0.1, 0.15) is 5.82 Å². The molecule has 1 heterocycles. The van der Waals surface area contributed by atoms with Crippen LogP contribution in [0, 0.1) is 5.82 Å². The molecule has 0 N–H and O–H groups in total. The van der Waals surface area contributed by atoms with Crippen molar-refractivity contribution in [2.75, 3.05) is 49.0 Å². The zero-order chi connectivity index (χ0) is 33.1. The summed E-state index contributed by atoms with van der Waals surface area (Å²) in [7, 11) is -2.65. The number of hydrogen-bond acceptors (Lipinski definition) is 6. The summed E-state index contributed by atoms with van der Waals surface area (Å²) in [6, 6.07) is 13.0. The highest BCUT2D eigenvalue weighted by Gasteiger charge is 2.35. The molecular weight excluding hydrogens is 634 g/mol. The Labute approximate surface area is 265 Å². The molecule has 7 nitrogen and oxygen atoms in total. The molecule has 1 aliphatic rings. The highest BCUT2D eigenvalue weighted by atomic mass is 35.5. The van der Waals surface area contributed by atoms with Crippen molar-refractivity contribution in [2.45, 2.75) is 37.9 Å². The summed E-state index contributed by atoms with van der Waals surface area (Å²) < 4.78 is 89.0. The fraction of sp³-hybridized carbons (Fsp3) is 0.344. The van der Waals surface area contributed by atoms with Crippen LogP contribution < -0.4 is 9.21 Å². The van der Waals surface area contributed by atoms with E-state index in [1.54, 1.807) is 63.1 Å². The van der Waals surface area contributed by atoms with Crippen molar-refractivity contribution in [1.29, 1.82) is 0 Å². The van der Waals surface area contributed by atoms with Gasteiger partial charge in [0, 0.05) is 25.2 Å². The summed E-state index contributed by atoms with van der Waals surface area (Å²) >= 11 is 6.25. The van der Waals surface area contributed by atoms with E-state index in [2.05, 4.69) is 0 Å². The molecule has 0 fully saturated rings. The second kappa shape index (κ2) is 13.8. The van der Waals surface area contributed by atoms with Gasteiger partial charge in [0.05, 0.1) is 46.0 Å². The van der Waals surface area contributed by atoms with Gasteiger partial charge in [-0.05, 0) is 81.4 Å². The maximum Gasteiger partial charge on any atom is 0.416 e. The van der Waals surface area contributed by atoms with Crippen LogP contribution in [0.4, 0.5) is 28.9 Å². The minimum atomic E-state index is -4.72. The Morgan fingerprint density at radius 1 is 1.07 bits per heavy atom. The first-order valence-corrected chi connectivity index (χ1v) is 16.0. The van der Waals surface area contributed by atoms with E-state index in [9.17, 15) is 30.8 Å². The monoisotopic (exact) mass is 667 g/mol. The van der Waals surface area contributed by atoms with Crippen LogP contribution in [-0.4, -0.2) is 65.2 Å². The summed E-state index contributed by atoms with van der Waals surface area (Å²) in [4.78, 5) is 15.3. The van der Waals surface area contributed by atoms with Crippen LogP contribution in [0.5, 0.6) is 0 Å². The molecule has 0 saturated heterocycles. The third kappa shape index (κ3) is 8.16. The van der Waals surface area contributed by atoms with Gasteiger partial charge < -0.3 is 9.64 Å². The van der Waals surface area contributed by atoms with Gasteiger partial charge in [-0.1, -0.05) is 35.9 Å². The molecule has 3 aromatic rings. The highest BCUT2D eigenvalue weighted by Crippen LogP contribution is 2.39. The Balaban J connectivity index is 1.72. The minimum absolute atomic E-state index is 0.0457. The van der Waals surface area contributed by atoms with E-state index >= 15 is 0 Å². The van der Waals surface area contributed by atoms with E-state index in [1.807, 2.05) is 4.90 Å². The molecule has 0 radical (unpaired) electrons. The number of carbonyl (C=O) groups is 1. The smallest absolute Gasteiger partial charge is 0.416 e. The number of ether oxygens (including phenoxy) is 1. The largest absolute Gasteiger partial charge is 0.462 e. The van der Waals surface area contributed by atoms with Gasteiger partial charge in [0.2, 0.25) is 0 Å². The fourth-order valence-corrected chi connectivity index (χ4v) is 6.90. The zero-order valence-electron chi connectivity index (χ0n) is 25.2. The highest BCUT2D eigenvalue weighted by molar-refractivity contribution is 7.92. The summed E-state index contributed by atoms with van der Waals surface area (Å²) in [6.45, 7) is 6.33. The first-order chi connectivity index (χ1) is 21.1. The summed E-state index contributed by atoms with van der Waals surface area (Å²) in [5, 5.41) is 0.211. The number of hydrogen-bond donors (Lipinski definition) is 0. The van der Waals surface area contributed by atoms with Gasteiger partial charge in [-0.15, -0.1) is 0 Å². The zero-order valence-corrected chi connectivity index (χ0v) is 26.8. The molecule has 3 aromatic carbocycles. The molecule has 0 unspecified atom stereocenters. The lowest BCUT2D eigenvalue weighted by atomic mass is 10.0. The van der Waals surface area contributed by atoms with Crippen molar-refractivity contribution in [1.82, 2.24) is 4.90 Å². The molecule has 0 spiro atoms. The van der Waals surface area contributed by atoms with Crippen LogP contribution in [0.15, 0.2) is 65.6 Å². The van der Waals surface area contributed by atoms with Crippen LogP contribution in [0.25, 0.3) is 11.6 Å². The molecule has 0 aliphatic carbocycles. The van der Waals surface area contributed by atoms with E-state index in [4.69, 9.17) is 16.3 Å². The van der Waals surface area contributed by atoms with Crippen LogP contribution in [-0.2, 0) is 25.7 Å². The average Bonchev–Trinajstić information content (AvgIpc) is 2.94. The predicted octanol–water partition coefficient (Wildman–Crippen LogP) is 6.96. The molecule has 0 aromatic heterocycles. The lowest BCUT2D eigenvalue weighted by Crippen LogP contribution is -2.46. The van der Waals surface area contributed by atoms with Crippen molar-refractivity contribution in [3.63, 3.8) is 0 Å². The number of sulfonamides is 1. The van der Waals surface area contributed by atoms with Gasteiger partial charge in [0.15, 0.2) is 0 Å². The molecule has 1 aliphatic heterocycles. The average molecular weight is 668 g/mol. The van der Waals surface area contributed by atoms with Crippen molar-refractivity contribution in [3.05, 3.63) is 88.2 Å². The maximum absolute atomic E-state index is 14.6. The quantitative estimate of drug-likeness (QED) is 0.132. The standard InChI is InChI=1S/C32H34ClF4N3O4S/c1-21(2)44-30(41)20-38(4)13-14-39-15-16-40(45(42,43)25-8-5-7-24(19-25)32(35,36)37)29-18-23(11-12-28(29)39)17-22(3)31-26(33)9-6-10-27(31)34/h5-12,17-19,21H,13-16,20H2,1-4H3/b22-17+. The number of likely N-dealkylation sites (N-methyl/N-ethyl adjacent to an activating group) is 1. The molecular formula is C32H34ClF4N3O4S. The fourth-order valence-electron chi connectivity index (χ4n) is 5.08. The number of anilines is 2. The van der Waals surface area contributed by atoms with Crippen LogP contribution in [0.2, 0.25) is 5.02 Å². The number of halogens is 5. The summed E-state index contributed by atoms with van der Waals surface area (Å²) in [5.74, 6) is -0.887. The molecule has 0 saturated carbocycles. The van der Waals surface area contributed by atoms with E-state index < -0.39 is 32.5 Å². The van der Waals surface area contributed by atoms with Gasteiger partial charge in [-0.2, -0.15) is 13.2 Å². The maximum atomic E-state index is 14.6. The Morgan fingerprint density at radius 2 is 1.78 bits per heavy atom. The van der Waals surface area contributed by atoms with Crippen LogP contribution in [0.3, 0.4) is 0 Å². The number of rotatable bonds is 10. The first-order valence-electron chi connectivity index (χ1n) is 14.2. The van der Waals surface area contributed by atoms with E-state index in [1.165, 1.54) is 12.1 Å². The third-order valence-electron chi connectivity index (χ3n) is 7.19. The van der Waals surface area contributed by atoms with Crippen LogP contribution in [0.1, 0.15) is 37.5 Å². The second-order valence-electron chi connectivity index (χ2n) is 11.0. The van der Waals surface area contributed by atoms with Crippen molar-refractivity contribution in [3.8, 4) is 0 Å². The van der Waals surface area contributed by atoms with Crippen molar-refractivity contribution in [2.24, 2.45) is 0 Å². The number of alkyl halides is 3. The minimum Gasteiger partial charge on any atom is -0.462 e. The van der Waals surface area contributed by atoms with Crippen molar-refractivity contribution < 1.29 is 35.5 Å². The van der Waals surface area contributed by atoms with Gasteiger partial charge in [-0.25, -0.2) is 12.8 Å². The number of allylic oxidation sites excluding steroid dienone is 1. The number of fused-ring (bicyclic) bond motifs is 1. The molecule has 13 heteroatoms. The lowest BCUT2D eigenvalue weighted by Gasteiger charge is -2.39. The second-order valence-corrected chi connectivity index (χ2v) is 13.3. The number of esters is 1. The molecule has 0 atom stereocenters. The normalized spacial score (nSPS) is 14.2. The number of carbonyl (C=O) groups excluding carboxylic acids is 1. The van der Waals surface area contributed by atoms with E-state index in [0.717, 1.165) is 22.5 Å². The van der Waals surface area contributed by atoms with Crippen molar-refractivity contribution >= 4 is 50.6 Å². The summed E-state index contributed by atoms with van der Waals surface area (Å²) in [5.41, 5.74) is 0.940. The number of benzene rings is 3. The lowest BCUT2D eigenvalue weighted by molar-refractivity contribution is -0.148.